The number of rotatable bonds is 1. The van der Waals surface area contributed by atoms with Gasteiger partial charge in [-0.3, -0.25) is 0 Å². The van der Waals surface area contributed by atoms with E-state index in [0.29, 0.717) is 0 Å². The van der Waals surface area contributed by atoms with E-state index in [1.807, 2.05) is 0 Å². The summed E-state index contributed by atoms with van der Waals surface area (Å²) < 4.78 is 2.26. The molecule has 0 saturated heterocycles. The van der Waals surface area contributed by atoms with Crippen molar-refractivity contribution < 1.29 is 0 Å². The van der Waals surface area contributed by atoms with E-state index >= 15 is 0 Å². The summed E-state index contributed by atoms with van der Waals surface area (Å²) in [5.74, 6) is 0. The van der Waals surface area contributed by atoms with Gasteiger partial charge in [0.2, 0.25) is 0 Å². The SMILES string of the molecule is Cc1ccn2c(-c3ccccc3)cc(C)c2c1. The van der Waals surface area contributed by atoms with Gasteiger partial charge in [0.05, 0.1) is 5.69 Å². The third-order valence-corrected chi connectivity index (χ3v) is 3.20. The molecule has 0 aliphatic rings. The summed E-state index contributed by atoms with van der Waals surface area (Å²) in [5, 5.41) is 0. The molecule has 0 N–H and O–H groups in total. The number of hydrogen-bond donors (Lipinski definition) is 0. The van der Waals surface area contributed by atoms with Crippen LogP contribution in [0.25, 0.3) is 16.8 Å². The largest absolute Gasteiger partial charge is 0.316 e. The van der Waals surface area contributed by atoms with Crippen molar-refractivity contribution in [2.45, 2.75) is 13.8 Å². The molecule has 1 aromatic carbocycles. The lowest BCUT2D eigenvalue weighted by atomic mass is 10.1. The molecule has 0 atom stereocenters. The van der Waals surface area contributed by atoms with E-state index in [-0.39, 0.29) is 0 Å². The lowest BCUT2D eigenvalue weighted by Gasteiger charge is -2.03. The van der Waals surface area contributed by atoms with Crippen LogP contribution < -0.4 is 0 Å². The molecule has 0 aliphatic heterocycles. The average Bonchev–Trinajstić information content (AvgIpc) is 2.68. The Bertz CT molecular complexity index is 663. The van der Waals surface area contributed by atoms with Crippen molar-refractivity contribution in [2.24, 2.45) is 0 Å². The molecule has 84 valence electrons. The quantitative estimate of drug-likeness (QED) is 0.579. The van der Waals surface area contributed by atoms with Crippen LogP contribution in [0.2, 0.25) is 0 Å². The summed E-state index contributed by atoms with van der Waals surface area (Å²) in [7, 11) is 0. The summed E-state index contributed by atoms with van der Waals surface area (Å²) in [6.07, 6.45) is 2.15. The number of hydrogen-bond acceptors (Lipinski definition) is 0. The molecule has 2 aromatic heterocycles. The van der Waals surface area contributed by atoms with E-state index < -0.39 is 0 Å². The maximum atomic E-state index is 2.26. The molecule has 1 heteroatoms. The molecular weight excluding hydrogens is 206 g/mol. The number of fused-ring (bicyclic) bond motifs is 1. The van der Waals surface area contributed by atoms with E-state index in [1.54, 1.807) is 0 Å². The Morgan fingerprint density at radius 1 is 0.882 bits per heavy atom. The van der Waals surface area contributed by atoms with Crippen molar-refractivity contribution in [2.75, 3.05) is 0 Å². The highest BCUT2D eigenvalue weighted by Crippen LogP contribution is 2.26. The molecule has 2 heterocycles. The molecule has 0 bridgehead atoms. The Hall–Kier alpha value is -2.02. The van der Waals surface area contributed by atoms with Crippen molar-refractivity contribution >= 4 is 5.52 Å². The zero-order valence-electron chi connectivity index (χ0n) is 10.1. The smallest absolute Gasteiger partial charge is 0.0531 e. The van der Waals surface area contributed by atoms with E-state index in [9.17, 15) is 0 Å². The summed E-state index contributed by atoms with van der Waals surface area (Å²) in [5.41, 5.74) is 6.45. The predicted octanol–water partition coefficient (Wildman–Crippen LogP) is 4.22. The standard InChI is InChI=1S/C16H15N/c1-12-8-9-17-15(10-12)13(2)11-16(17)14-6-4-3-5-7-14/h3-11H,1-2H3. The fourth-order valence-electron chi connectivity index (χ4n) is 2.30. The molecule has 0 unspecified atom stereocenters. The van der Waals surface area contributed by atoms with Gasteiger partial charge in [0, 0.05) is 11.7 Å². The lowest BCUT2D eigenvalue weighted by molar-refractivity contribution is 1.18. The van der Waals surface area contributed by atoms with Gasteiger partial charge >= 0.3 is 0 Å². The molecule has 0 aliphatic carbocycles. The highest BCUT2D eigenvalue weighted by molar-refractivity contribution is 5.71. The molecule has 1 nitrogen and oxygen atoms in total. The maximum absolute atomic E-state index is 2.26. The molecule has 3 aromatic rings. The second-order valence-electron chi connectivity index (χ2n) is 4.54. The summed E-state index contributed by atoms with van der Waals surface area (Å²) in [6.45, 7) is 4.30. The van der Waals surface area contributed by atoms with Gasteiger partial charge < -0.3 is 4.40 Å². The van der Waals surface area contributed by atoms with Gasteiger partial charge in [0.25, 0.3) is 0 Å². The first-order valence-corrected chi connectivity index (χ1v) is 5.89. The highest BCUT2D eigenvalue weighted by atomic mass is 14.9. The van der Waals surface area contributed by atoms with E-state index in [2.05, 4.69) is 73.0 Å². The number of pyridine rings is 1. The first kappa shape index (κ1) is 10.2. The fourth-order valence-corrected chi connectivity index (χ4v) is 2.30. The van der Waals surface area contributed by atoms with E-state index in [1.165, 1.54) is 27.9 Å². The molecule has 0 saturated carbocycles. The van der Waals surface area contributed by atoms with E-state index in [0.717, 1.165) is 0 Å². The minimum Gasteiger partial charge on any atom is -0.316 e. The maximum Gasteiger partial charge on any atom is 0.0531 e. The van der Waals surface area contributed by atoms with Crippen LogP contribution >= 0.6 is 0 Å². The first-order valence-electron chi connectivity index (χ1n) is 5.89. The summed E-state index contributed by atoms with van der Waals surface area (Å²) in [4.78, 5) is 0. The van der Waals surface area contributed by atoms with Crippen LogP contribution in [0.5, 0.6) is 0 Å². The van der Waals surface area contributed by atoms with Crippen LogP contribution in [0.3, 0.4) is 0 Å². The number of aromatic nitrogens is 1. The Morgan fingerprint density at radius 2 is 1.65 bits per heavy atom. The van der Waals surface area contributed by atoms with Crippen LogP contribution in [0.1, 0.15) is 11.1 Å². The normalized spacial score (nSPS) is 10.9. The molecule has 0 spiro atoms. The first-order chi connectivity index (χ1) is 8.25. The number of benzene rings is 1. The van der Waals surface area contributed by atoms with Gasteiger partial charge in [0.1, 0.15) is 0 Å². The van der Waals surface area contributed by atoms with Crippen LogP contribution in [-0.4, -0.2) is 4.40 Å². The molecule has 0 amide bonds. The van der Waals surface area contributed by atoms with Gasteiger partial charge in [-0.15, -0.1) is 0 Å². The van der Waals surface area contributed by atoms with Crippen LogP contribution in [0.4, 0.5) is 0 Å². The second-order valence-corrected chi connectivity index (χ2v) is 4.54. The number of nitrogens with zero attached hydrogens (tertiary/aromatic N) is 1. The predicted molar refractivity (Wildman–Crippen MR) is 72.3 cm³/mol. The third kappa shape index (κ3) is 1.64. The average molecular weight is 221 g/mol. The van der Waals surface area contributed by atoms with Gasteiger partial charge in [-0.2, -0.15) is 0 Å². The van der Waals surface area contributed by atoms with Crippen LogP contribution in [-0.2, 0) is 0 Å². The van der Waals surface area contributed by atoms with Crippen molar-refractivity contribution in [3.63, 3.8) is 0 Å². The minimum absolute atomic E-state index is 1.26. The fraction of sp³-hybridized carbons (Fsp3) is 0.125. The third-order valence-electron chi connectivity index (χ3n) is 3.20. The zero-order chi connectivity index (χ0) is 11.8. The summed E-state index contributed by atoms with van der Waals surface area (Å²) in [6, 6.07) is 17.2. The van der Waals surface area contributed by atoms with Crippen LogP contribution in [0, 0.1) is 13.8 Å². The molecule has 0 radical (unpaired) electrons. The minimum atomic E-state index is 1.26. The van der Waals surface area contributed by atoms with Crippen molar-refractivity contribution in [3.05, 3.63) is 65.9 Å². The van der Waals surface area contributed by atoms with Gasteiger partial charge in [-0.25, -0.2) is 0 Å². The zero-order valence-corrected chi connectivity index (χ0v) is 10.1. The molecule has 0 fully saturated rings. The lowest BCUT2D eigenvalue weighted by Crippen LogP contribution is -1.88. The molecule has 17 heavy (non-hydrogen) atoms. The molecule has 3 rings (SSSR count). The van der Waals surface area contributed by atoms with Crippen molar-refractivity contribution in [1.82, 2.24) is 4.40 Å². The van der Waals surface area contributed by atoms with Gasteiger partial charge in [0.15, 0.2) is 0 Å². The van der Waals surface area contributed by atoms with E-state index in [4.69, 9.17) is 0 Å². The van der Waals surface area contributed by atoms with Crippen molar-refractivity contribution in [1.29, 1.82) is 0 Å². The topological polar surface area (TPSA) is 4.41 Å². The highest BCUT2D eigenvalue weighted by Gasteiger charge is 2.07. The van der Waals surface area contributed by atoms with Gasteiger partial charge in [-0.05, 0) is 48.7 Å². The summed E-state index contributed by atoms with van der Waals surface area (Å²) >= 11 is 0. The Morgan fingerprint density at radius 3 is 2.41 bits per heavy atom. The Labute approximate surface area is 101 Å². The van der Waals surface area contributed by atoms with Crippen LogP contribution in [0.15, 0.2) is 54.7 Å². The Kier molecular flexibility index (Phi) is 2.25. The van der Waals surface area contributed by atoms with Gasteiger partial charge in [-0.1, -0.05) is 30.3 Å². The molecular formula is C16H15N. The Balaban J connectivity index is 2.32. The monoisotopic (exact) mass is 221 g/mol. The number of aryl methyl sites for hydroxylation is 2. The second kappa shape index (κ2) is 3.77. The van der Waals surface area contributed by atoms with Crippen molar-refractivity contribution in [3.8, 4) is 11.3 Å².